The van der Waals surface area contributed by atoms with Gasteiger partial charge in [0.05, 0.1) is 31.1 Å². The Bertz CT molecular complexity index is 1140. The lowest BCUT2D eigenvalue weighted by Gasteiger charge is -2.06. The molecule has 0 saturated carbocycles. The summed E-state index contributed by atoms with van der Waals surface area (Å²) < 4.78 is 5.01. The zero-order valence-corrected chi connectivity index (χ0v) is 15.0. The molecule has 140 valence electrons. The van der Waals surface area contributed by atoms with Crippen LogP contribution in [0.4, 0.5) is 5.69 Å². The van der Waals surface area contributed by atoms with Crippen molar-refractivity contribution in [1.29, 1.82) is 0 Å². The summed E-state index contributed by atoms with van der Waals surface area (Å²) in [4.78, 5) is 20.9. The monoisotopic (exact) mass is 375 g/mol. The molecule has 0 radical (unpaired) electrons. The number of carbonyl (C=O) groups excluding carboxylic acids is 1. The number of hydrogen-bond donors (Lipinski definition) is 3. The molecule has 0 aliphatic rings. The van der Waals surface area contributed by atoms with Crippen molar-refractivity contribution in [2.75, 3.05) is 12.4 Å². The standard InChI is InChI=1S/C20H17N5O3/c1-28-18-5-3-15(10-22-18)23-20(27)19-16-7-13(2-4-17(16)24-25-19)14-6-12(11-26)8-21-9-14/h2-10,26H,11H2,1H3,(H,23,27)(H,24,25). The predicted octanol–water partition coefficient (Wildman–Crippen LogP) is 2.77. The highest BCUT2D eigenvalue weighted by Crippen LogP contribution is 2.26. The molecule has 0 spiro atoms. The lowest BCUT2D eigenvalue weighted by atomic mass is 10.0. The van der Waals surface area contributed by atoms with Crippen molar-refractivity contribution < 1.29 is 14.6 Å². The van der Waals surface area contributed by atoms with Crippen LogP contribution in [0.3, 0.4) is 0 Å². The average molecular weight is 375 g/mol. The van der Waals surface area contributed by atoms with Crippen LogP contribution >= 0.6 is 0 Å². The molecule has 1 aromatic carbocycles. The highest BCUT2D eigenvalue weighted by Gasteiger charge is 2.15. The Labute approximate surface area is 160 Å². The molecule has 0 saturated heterocycles. The van der Waals surface area contributed by atoms with Gasteiger partial charge in [0.25, 0.3) is 5.91 Å². The molecule has 0 unspecified atom stereocenters. The average Bonchev–Trinajstić information content (AvgIpc) is 3.17. The van der Waals surface area contributed by atoms with Gasteiger partial charge in [-0.1, -0.05) is 6.07 Å². The first-order valence-electron chi connectivity index (χ1n) is 8.52. The molecule has 8 nitrogen and oxygen atoms in total. The van der Waals surface area contributed by atoms with Gasteiger partial charge in [-0.15, -0.1) is 0 Å². The second kappa shape index (κ2) is 7.45. The van der Waals surface area contributed by atoms with E-state index in [4.69, 9.17) is 4.74 Å². The Hall–Kier alpha value is -3.78. The van der Waals surface area contributed by atoms with Crippen LogP contribution < -0.4 is 10.1 Å². The van der Waals surface area contributed by atoms with Gasteiger partial charge in [-0.25, -0.2) is 4.98 Å². The van der Waals surface area contributed by atoms with Crippen molar-refractivity contribution in [2.24, 2.45) is 0 Å². The molecule has 3 heterocycles. The van der Waals surface area contributed by atoms with E-state index in [0.717, 1.165) is 22.2 Å². The first kappa shape index (κ1) is 17.6. The third-order valence-electron chi connectivity index (χ3n) is 4.29. The van der Waals surface area contributed by atoms with E-state index < -0.39 is 0 Å². The van der Waals surface area contributed by atoms with E-state index in [0.29, 0.717) is 17.0 Å². The van der Waals surface area contributed by atoms with Crippen LogP contribution in [0.25, 0.3) is 22.0 Å². The molecular weight excluding hydrogens is 358 g/mol. The van der Waals surface area contributed by atoms with Gasteiger partial charge in [-0.3, -0.25) is 14.9 Å². The Kier molecular flexibility index (Phi) is 4.69. The number of nitrogens with one attached hydrogen (secondary N) is 2. The topological polar surface area (TPSA) is 113 Å². The number of nitrogens with zero attached hydrogens (tertiary/aromatic N) is 3. The molecule has 28 heavy (non-hydrogen) atoms. The van der Waals surface area contributed by atoms with E-state index in [-0.39, 0.29) is 18.2 Å². The highest BCUT2D eigenvalue weighted by atomic mass is 16.5. The molecule has 0 atom stereocenters. The molecule has 0 fully saturated rings. The van der Waals surface area contributed by atoms with Crippen LogP contribution in [-0.2, 0) is 6.61 Å². The summed E-state index contributed by atoms with van der Waals surface area (Å²) >= 11 is 0. The zero-order chi connectivity index (χ0) is 19.5. The van der Waals surface area contributed by atoms with Gasteiger partial charge in [0, 0.05) is 29.4 Å². The molecule has 1 amide bonds. The number of hydrogen-bond acceptors (Lipinski definition) is 6. The number of H-pyrrole nitrogens is 1. The molecule has 8 heteroatoms. The quantitative estimate of drug-likeness (QED) is 0.494. The van der Waals surface area contributed by atoms with Crippen molar-refractivity contribution in [2.45, 2.75) is 6.61 Å². The fraction of sp³-hybridized carbons (Fsp3) is 0.100. The maximum Gasteiger partial charge on any atom is 0.276 e. The van der Waals surface area contributed by atoms with Crippen LogP contribution in [0.5, 0.6) is 5.88 Å². The lowest BCUT2D eigenvalue weighted by molar-refractivity contribution is 0.102. The Morgan fingerprint density at radius 2 is 2.04 bits per heavy atom. The second-order valence-corrected chi connectivity index (χ2v) is 6.12. The Morgan fingerprint density at radius 3 is 2.79 bits per heavy atom. The van der Waals surface area contributed by atoms with Gasteiger partial charge in [-0.2, -0.15) is 5.10 Å². The second-order valence-electron chi connectivity index (χ2n) is 6.12. The van der Waals surface area contributed by atoms with Crippen LogP contribution in [-0.4, -0.2) is 38.3 Å². The maximum absolute atomic E-state index is 12.7. The van der Waals surface area contributed by atoms with Gasteiger partial charge in [0.15, 0.2) is 5.69 Å². The normalized spacial score (nSPS) is 10.8. The largest absolute Gasteiger partial charge is 0.481 e. The molecule has 3 N–H and O–H groups in total. The number of aliphatic hydroxyl groups is 1. The number of anilines is 1. The number of rotatable bonds is 5. The fourth-order valence-electron chi connectivity index (χ4n) is 2.86. The maximum atomic E-state index is 12.7. The Morgan fingerprint density at radius 1 is 1.14 bits per heavy atom. The number of pyridine rings is 2. The summed E-state index contributed by atoms with van der Waals surface area (Å²) in [6.45, 7) is -0.0850. The molecular formula is C20H17N5O3. The fourth-order valence-corrected chi connectivity index (χ4v) is 2.86. The molecule has 0 bridgehead atoms. The predicted molar refractivity (Wildman–Crippen MR) is 104 cm³/mol. The SMILES string of the molecule is COc1ccc(NC(=O)c2n[nH]c3ccc(-c4cncc(CO)c4)cc23)cn1. The summed E-state index contributed by atoms with van der Waals surface area (Å²) in [5.74, 6) is 0.115. The van der Waals surface area contributed by atoms with Gasteiger partial charge < -0.3 is 15.2 Å². The van der Waals surface area contributed by atoms with Gasteiger partial charge in [0.2, 0.25) is 5.88 Å². The number of aromatic nitrogens is 4. The number of amides is 1. The zero-order valence-electron chi connectivity index (χ0n) is 15.0. The molecule has 4 aromatic rings. The van der Waals surface area contributed by atoms with Gasteiger partial charge in [-0.05, 0) is 35.4 Å². The summed E-state index contributed by atoms with van der Waals surface area (Å²) in [5.41, 5.74) is 4.00. The molecule has 4 rings (SSSR count). The van der Waals surface area contributed by atoms with Gasteiger partial charge >= 0.3 is 0 Å². The summed E-state index contributed by atoms with van der Waals surface area (Å²) in [5, 5.41) is 19.8. The summed E-state index contributed by atoms with van der Waals surface area (Å²) in [7, 11) is 1.53. The first-order chi connectivity index (χ1) is 13.7. The number of fused-ring (bicyclic) bond motifs is 1. The van der Waals surface area contributed by atoms with E-state index in [1.165, 1.54) is 13.3 Å². The van der Waals surface area contributed by atoms with Crippen molar-refractivity contribution in [1.82, 2.24) is 20.2 Å². The number of aliphatic hydroxyl groups excluding tert-OH is 1. The third kappa shape index (κ3) is 3.40. The molecule has 0 aliphatic carbocycles. The lowest BCUT2D eigenvalue weighted by Crippen LogP contribution is -2.13. The van der Waals surface area contributed by atoms with E-state index in [9.17, 15) is 9.90 Å². The summed E-state index contributed by atoms with van der Waals surface area (Å²) in [6.07, 6.45) is 4.84. The van der Waals surface area contributed by atoms with Crippen molar-refractivity contribution in [3.63, 3.8) is 0 Å². The molecule has 0 aliphatic heterocycles. The first-order valence-corrected chi connectivity index (χ1v) is 8.52. The number of methoxy groups -OCH3 is 1. The van der Waals surface area contributed by atoms with Gasteiger partial charge in [0.1, 0.15) is 0 Å². The van der Waals surface area contributed by atoms with Crippen molar-refractivity contribution in [3.05, 3.63) is 66.2 Å². The number of benzene rings is 1. The number of carbonyl (C=O) groups is 1. The minimum Gasteiger partial charge on any atom is -0.481 e. The highest BCUT2D eigenvalue weighted by molar-refractivity contribution is 6.11. The van der Waals surface area contributed by atoms with E-state index in [1.54, 1.807) is 24.5 Å². The van der Waals surface area contributed by atoms with E-state index >= 15 is 0 Å². The van der Waals surface area contributed by atoms with Crippen LogP contribution in [0, 0.1) is 0 Å². The van der Waals surface area contributed by atoms with E-state index in [1.807, 2.05) is 24.3 Å². The van der Waals surface area contributed by atoms with E-state index in [2.05, 4.69) is 25.5 Å². The minimum absolute atomic E-state index is 0.0850. The molecule has 3 aromatic heterocycles. The summed E-state index contributed by atoms with van der Waals surface area (Å²) in [6, 6.07) is 10.9. The smallest absolute Gasteiger partial charge is 0.276 e. The van der Waals surface area contributed by atoms with Crippen LogP contribution in [0.15, 0.2) is 55.0 Å². The number of ether oxygens (including phenoxy) is 1. The number of aromatic amines is 1. The van der Waals surface area contributed by atoms with Crippen LogP contribution in [0.2, 0.25) is 0 Å². The van der Waals surface area contributed by atoms with Crippen molar-refractivity contribution >= 4 is 22.5 Å². The minimum atomic E-state index is -0.349. The Balaban J connectivity index is 1.66. The van der Waals surface area contributed by atoms with Crippen molar-refractivity contribution in [3.8, 4) is 17.0 Å². The van der Waals surface area contributed by atoms with Crippen LogP contribution in [0.1, 0.15) is 16.1 Å². The third-order valence-corrected chi connectivity index (χ3v) is 4.29.